The Morgan fingerprint density at radius 2 is 0.854 bits per heavy atom. The molecule has 268 valence electrons. The third kappa shape index (κ3) is 11.6. The zero-order valence-electron chi connectivity index (χ0n) is 28.5. The van der Waals surface area contributed by atoms with E-state index in [0.717, 1.165) is 25.7 Å². The predicted molar refractivity (Wildman–Crippen MR) is 169 cm³/mol. The Labute approximate surface area is 281 Å². The molecule has 0 aliphatic carbocycles. The smallest absolute Gasteiger partial charge is 0.334 e. The second kappa shape index (κ2) is 18.6. The van der Waals surface area contributed by atoms with Crippen molar-refractivity contribution >= 4 is 47.4 Å². The van der Waals surface area contributed by atoms with Gasteiger partial charge in [-0.1, -0.05) is 12.8 Å². The van der Waals surface area contributed by atoms with E-state index in [1.165, 1.54) is 12.8 Å². The Kier molecular flexibility index (Phi) is 14.9. The largest absolute Gasteiger partial charge is 0.354 e. The molecule has 4 fully saturated rings. The summed E-state index contributed by atoms with van der Waals surface area (Å²) in [6.07, 6.45) is 6.78. The van der Waals surface area contributed by atoms with E-state index in [4.69, 9.17) is 9.68 Å². The van der Waals surface area contributed by atoms with Crippen molar-refractivity contribution in [3.05, 3.63) is 0 Å². The van der Waals surface area contributed by atoms with Gasteiger partial charge in [0.1, 0.15) is 0 Å². The number of imide groups is 2. The average Bonchev–Trinajstić information content (AvgIpc) is 3.51. The van der Waals surface area contributed by atoms with E-state index in [0.29, 0.717) is 47.4 Å². The van der Waals surface area contributed by atoms with Gasteiger partial charge in [0.2, 0.25) is 11.8 Å². The third-order valence-electron chi connectivity index (χ3n) is 9.10. The van der Waals surface area contributed by atoms with Gasteiger partial charge in [0.15, 0.2) is 0 Å². The number of carbonyl (C=O) groups excluding carboxylic acids is 8. The molecule has 0 aromatic rings. The summed E-state index contributed by atoms with van der Waals surface area (Å²) in [5.41, 5.74) is 0. The number of nitrogens with one attached hydrogen (secondary N) is 2. The van der Waals surface area contributed by atoms with Gasteiger partial charge in [-0.25, -0.2) is 9.59 Å². The van der Waals surface area contributed by atoms with Crippen LogP contribution in [0.3, 0.4) is 0 Å². The summed E-state index contributed by atoms with van der Waals surface area (Å²) in [5.74, 6) is -3.74. The van der Waals surface area contributed by atoms with E-state index >= 15 is 0 Å². The molecule has 4 saturated heterocycles. The van der Waals surface area contributed by atoms with E-state index in [9.17, 15) is 38.4 Å². The molecule has 0 spiro atoms. The minimum absolute atomic E-state index is 0.0645. The number of rotatable bonds is 12. The topological polar surface area (TPSA) is 192 Å². The van der Waals surface area contributed by atoms with Crippen LogP contribution in [-0.2, 0) is 48.0 Å². The SMILES string of the molecule is CC1CCCC(C)N1CC(=O)NCCC(=O)ON1C(=O)CCC1=O.CC1CCCC(C)N1CC(=O)NCCC(=O)ON1C(=O)CCC1=O. The van der Waals surface area contributed by atoms with Crippen molar-refractivity contribution in [1.29, 1.82) is 0 Å². The molecule has 4 atom stereocenters. The molecule has 16 heteroatoms. The maximum absolute atomic E-state index is 12.0. The summed E-state index contributed by atoms with van der Waals surface area (Å²) in [4.78, 5) is 106. The van der Waals surface area contributed by atoms with E-state index < -0.39 is 35.6 Å². The maximum Gasteiger partial charge on any atom is 0.334 e. The highest BCUT2D eigenvalue weighted by atomic mass is 16.7. The van der Waals surface area contributed by atoms with E-state index in [-0.39, 0.29) is 63.4 Å². The zero-order valence-corrected chi connectivity index (χ0v) is 28.5. The summed E-state index contributed by atoms with van der Waals surface area (Å²) in [6.45, 7) is 9.30. The van der Waals surface area contributed by atoms with E-state index in [1.807, 2.05) is 0 Å². The third-order valence-corrected chi connectivity index (χ3v) is 9.10. The first-order chi connectivity index (χ1) is 22.8. The van der Waals surface area contributed by atoms with E-state index in [2.05, 4.69) is 48.1 Å². The van der Waals surface area contributed by atoms with Crippen LogP contribution in [0.25, 0.3) is 0 Å². The molecule has 16 nitrogen and oxygen atoms in total. The van der Waals surface area contributed by atoms with Gasteiger partial charge >= 0.3 is 11.9 Å². The molecule has 0 aromatic carbocycles. The van der Waals surface area contributed by atoms with Crippen molar-refractivity contribution in [3.63, 3.8) is 0 Å². The van der Waals surface area contributed by atoms with Crippen LogP contribution >= 0.6 is 0 Å². The molecule has 0 bridgehead atoms. The number of piperidine rings is 2. The highest BCUT2D eigenvalue weighted by molar-refractivity contribution is 6.02. The molecule has 0 saturated carbocycles. The first kappa shape index (κ1) is 38.5. The van der Waals surface area contributed by atoms with Gasteiger partial charge in [0.25, 0.3) is 23.6 Å². The molecule has 4 rings (SSSR count). The Morgan fingerprint density at radius 3 is 1.15 bits per heavy atom. The molecule has 4 aliphatic rings. The zero-order chi connectivity index (χ0) is 35.4. The fraction of sp³-hybridized carbons (Fsp3) is 0.750. The van der Waals surface area contributed by atoms with E-state index in [1.54, 1.807) is 0 Å². The van der Waals surface area contributed by atoms with Crippen molar-refractivity contribution in [1.82, 2.24) is 30.6 Å². The molecule has 4 unspecified atom stereocenters. The first-order valence-electron chi connectivity index (χ1n) is 16.9. The maximum atomic E-state index is 12.0. The average molecular weight is 679 g/mol. The summed E-state index contributed by atoms with van der Waals surface area (Å²) in [7, 11) is 0. The lowest BCUT2D eigenvalue weighted by Crippen LogP contribution is -2.48. The van der Waals surface area contributed by atoms with Crippen molar-refractivity contribution in [2.45, 2.75) is 129 Å². The lowest BCUT2D eigenvalue weighted by Gasteiger charge is -2.38. The van der Waals surface area contributed by atoms with Gasteiger partial charge < -0.3 is 20.3 Å². The fourth-order valence-electron chi connectivity index (χ4n) is 6.23. The number of hydroxylamine groups is 4. The summed E-state index contributed by atoms with van der Waals surface area (Å²) < 4.78 is 0. The van der Waals surface area contributed by atoms with Crippen molar-refractivity contribution < 1.29 is 48.0 Å². The van der Waals surface area contributed by atoms with Crippen molar-refractivity contribution in [3.8, 4) is 0 Å². The van der Waals surface area contributed by atoms with Crippen LogP contribution in [0.5, 0.6) is 0 Å². The highest BCUT2D eigenvalue weighted by Gasteiger charge is 2.34. The summed E-state index contributed by atoms with van der Waals surface area (Å²) >= 11 is 0. The normalized spacial score (nSPS) is 25.0. The number of nitrogens with zero attached hydrogens (tertiary/aromatic N) is 4. The van der Waals surface area contributed by atoms with Crippen LogP contribution in [0.2, 0.25) is 0 Å². The molecule has 6 amide bonds. The molecule has 0 aromatic heterocycles. The molecule has 4 aliphatic heterocycles. The summed E-state index contributed by atoms with van der Waals surface area (Å²) in [6, 6.07) is 1.49. The summed E-state index contributed by atoms with van der Waals surface area (Å²) in [5, 5.41) is 6.39. The van der Waals surface area contributed by atoms with Crippen LogP contribution < -0.4 is 10.6 Å². The van der Waals surface area contributed by atoms with Crippen LogP contribution in [0.15, 0.2) is 0 Å². The molecular weight excluding hydrogens is 628 g/mol. The number of amides is 6. The minimum Gasteiger partial charge on any atom is -0.354 e. The van der Waals surface area contributed by atoms with Crippen LogP contribution in [0.4, 0.5) is 0 Å². The Bertz CT molecular complexity index is 1080. The van der Waals surface area contributed by atoms with Crippen molar-refractivity contribution in [2.24, 2.45) is 0 Å². The van der Waals surface area contributed by atoms with Gasteiger partial charge in [-0.15, -0.1) is 10.1 Å². The van der Waals surface area contributed by atoms with Gasteiger partial charge in [-0.3, -0.25) is 38.6 Å². The lowest BCUT2D eigenvalue weighted by molar-refractivity contribution is -0.197. The second-order valence-corrected chi connectivity index (χ2v) is 12.9. The van der Waals surface area contributed by atoms with Gasteiger partial charge in [0.05, 0.1) is 25.9 Å². The van der Waals surface area contributed by atoms with Crippen LogP contribution in [-0.4, -0.2) is 118 Å². The Balaban J connectivity index is 0.000000260. The molecule has 48 heavy (non-hydrogen) atoms. The number of likely N-dealkylation sites (tertiary alicyclic amines) is 2. The van der Waals surface area contributed by atoms with Gasteiger partial charge in [-0.2, -0.15) is 0 Å². The number of carbonyl (C=O) groups is 8. The van der Waals surface area contributed by atoms with Gasteiger partial charge in [0, 0.05) is 62.9 Å². The predicted octanol–water partition coefficient (Wildman–Crippen LogP) is 0.726. The standard InChI is InChI=1S/2C16H25N3O5/c2*1-11-4-3-5-12(2)18(11)10-13(20)17-9-8-16(23)24-19-14(21)6-7-15(19)22/h2*11-12H,3-10H2,1-2H3,(H,17,20). The molecule has 4 heterocycles. The van der Waals surface area contributed by atoms with Crippen LogP contribution in [0.1, 0.15) is 105 Å². The minimum atomic E-state index is -0.710. The lowest BCUT2D eigenvalue weighted by atomic mass is 9.97. The Morgan fingerprint density at radius 1 is 0.562 bits per heavy atom. The fourth-order valence-corrected chi connectivity index (χ4v) is 6.23. The first-order valence-corrected chi connectivity index (χ1v) is 16.9. The second-order valence-electron chi connectivity index (χ2n) is 12.9. The van der Waals surface area contributed by atoms with Crippen molar-refractivity contribution in [2.75, 3.05) is 26.2 Å². The number of hydrogen-bond acceptors (Lipinski definition) is 12. The van der Waals surface area contributed by atoms with Gasteiger partial charge in [-0.05, 0) is 53.4 Å². The monoisotopic (exact) mass is 678 g/mol. The highest BCUT2D eigenvalue weighted by Crippen LogP contribution is 2.23. The molecule has 2 N–H and O–H groups in total. The quantitative estimate of drug-likeness (QED) is 0.276. The molecule has 0 radical (unpaired) electrons. The molecular formula is C32H50N6O10. The van der Waals surface area contributed by atoms with Crippen LogP contribution in [0, 0.1) is 0 Å². The number of hydrogen-bond donors (Lipinski definition) is 2. The Hall–Kier alpha value is -3.92.